The fourth-order valence-corrected chi connectivity index (χ4v) is 5.06. The number of aromatic nitrogens is 6. The van der Waals surface area contributed by atoms with E-state index in [0.717, 1.165) is 22.5 Å². The Labute approximate surface area is 234 Å². The van der Waals surface area contributed by atoms with Gasteiger partial charge in [0.05, 0.1) is 23.0 Å². The number of anilines is 2. The highest BCUT2D eigenvalue weighted by molar-refractivity contribution is 6.00. The van der Waals surface area contributed by atoms with Gasteiger partial charge in [-0.05, 0) is 24.3 Å². The van der Waals surface area contributed by atoms with Gasteiger partial charge in [-0.1, -0.05) is 0 Å². The topological polar surface area (TPSA) is 146 Å². The molecule has 1 fully saturated rings. The van der Waals surface area contributed by atoms with Crippen molar-refractivity contribution < 1.29 is 18.6 Å². The van der Waals surface area contributed by atoms with Crippen LogP contribution in [-0.2, 0) is 13.7 Å². The lowest BCUT2D eigenvalue weighted by Gasteiger charge is -2.35. The third kappa shape index (κ3) is 5.28. The van der Waals surface area contributed by atoms with Crippen molar-refractivity contribution in [2.45, 2.75) is 31.6 Å². The number of nitrogens with zero attached hydrogens (tertiary/aromatic N) is 7. The van der Waals surface area contributed by atoms with Crippen molar-refractivity contribution >= 4 is 22.5 Å². The van der Waals surface area contributed by atoms with Gasteiger partial charge in [0.15, 0.2) is 5.65 Å². The number of rotatable bonds is 7. The van der Waals surface area contributed by atoms with Crippen LogP contribution in [0.3, 0.4) is 0 Å². The molecule has 0 bridgehead atoms. The Hall–Kier alpha value is -4.62. The largest absolute Gasteiger partial charge is 0.489 e. The van der Waals surface area contributed by atoms with Gasteiger partial charge in [-0.3, -0.25) is 19.1 Å². The van der Waals surface area contributed by atoms with Crippen molar-refractivity contribution in [3.63, 3.8) is 0 Å². The number of aliphatic hydroxyl groups excluding tert-OH is 1. The summed E-state index contributed by atoms with van der Waals surface area (Å²) in [4.78, 5) is 14.6. The first-order chi connectivity index (χ1) is 19.7. The van der Waals surface area contributed by atoms with Crippen molar-refractivity contribution in [1.29, 1.82) is 0 Å². The number of ether oxygens (including phenoxy) is 1. The number of piperidine rings is 1. The Morgan fingerprint density at radius 1 is 1.10 bits per heavy atom. The van der Waals surface area contributed by atoms with Crippen molar-refractivity contribution in [3.8, 4) is 22.7 Å². The Morgan fingerprint density at radius 3 is 2.63 bits per heavy atom. The zero-order chi connectivity index (χ0) is 28.7. The molecular formula is C28H29F2N9O2. The third-order valence-electron chi connectivity index (χ3n) is 7.28. The highest BCUT2D eigenvalue weighted by Crippen LogP contribution is 2.35. The molecule has 1 saturated heterocycles. The van der Waals surface area contributed by atoms with E-state index in [9.17, 15) is 13.9 Å². The summed E-state index contributed by atoms with van der Waals surface area (Å²) in [7, 11) is 1.84. The maximum atomic E-state index is 13.5. The highest BCUT2D eigenvalue weighted by atomic mass is 19.3. The van der Waals surface area contributed by atoms with E-state index < -0.39 is 12.2 Å². The molecule has 1 aromatic carbocycles. The number of pyridine rings is 1. The predicted molar refractivity (Wildman–Crippen MR) is 149 cm³/mol. The van der Waals surface area contributed by atoms with Gasteiger partial charge in [0.2, 0.25) is 0 Å². The van der Waals surface area contributed by atoms with Gasteiger partial charge in [-0.25, -0.2) is 18.7 Å². The van der Waals surface area contributed by atoms with E-state index in [0.29, 0.717) is 33.9 Å². The Kier molecular flexibility index (Phi) is 6.75. The molecule has 1 atom stereocenters. The molecule has 5 aromatic rings. The van der Waals surface area contributed by atoms with E-state index >= 15 is 0 Å². The second kappa shape index (κ2) is 10.4. The number of nitrogen functional groups attached to an aromatic ring is 2. The Balaban J connectivity index is 1.20. The summed E-state index contributed by atoms with van der Waals surface area (Å²) in [5.74, 6) is -1.84. The lowest BCUT2D eigenvalue weighted by Crippen LogP contribution is -2.41. The lowest BCUT2D eigenvalue weighted by atomic mass is 10.0. The minimum Gasteiger partial charge on any atom is -0.489 e. The first-order valence-corrected chi connectivity index (χ1v) is 13.1. The zero-order valence-electron chi connectivity index (χ0n) is 22.3. The lowest BCUT2D eigenvalue weighted by molar-refractivity contribution is -0.0959. The molecule has 1 aliphatic rings. The van der Waals surface area contributed by atoms with Crippen LogP contribution in [0.2, 0.25) is 0 Å². The van der Waals surface area contributed by atoms with Crippen LogP contribution >= 0.6 is 0 Å². The Morgan fingerprint density at radius 2 is 1.90 bits per heavy atom. The highest BCUT2D eigenvalue weighted by Gasteiger charge is 2.36. The molecule has 0 aliphatic carbocycles. The number of hydrogen-bond donors (Lipinski definition) is 3. The molecule has 1 aliphatic heterocycles. The molecule has 0 radical (unpaired) electrons. The van der Waals surface area contributed by atoms with Crippen LogP contribution in [-0.4, -0.2) is 58.3 Å². The van der Waals surface area contributed by atoms with Crippen LogP contribution < -0.4 is 16.2 Å². The molecule has 11 nitrogen and oxygen atoms in total. The molecule has 0 amide bonds. The maximum Gasteiger partial charge on any atom is 0.250 e. The summed E-state index contributed by atoms with van der Waals surface area (Å²) >= 11 is 0. The van der Waals surface area contributed by atoms with E-state index in [1.807, 2.05) is 36.1 Å². The van der Waals surface area contributed by atoms with Gasteiger partial charge < -0.3 is 21.3 Å². The first kappa shape index (κ1) is 26.6. The van der Waals surface area contributed by atoms with Crippen LogP contribution in [0.15, 0.2) is 61.4 Å². The minimum absolute atomic E-state index is 0.0911. The number of nitrogens with two attached hydrogens (primary N) is 2. The Bertz CT molecular complexity index is 1710. The molecule has 0 saturated carbocycles. The number of fused-ring (bicyclic) bond motifs is 1. The van der Waals surface area contributed by atoms with Crippen molar-refractivity contribution in [1.82, 2.24) is 34.2 Å². The minimum atomic E-state index is -2.69. The number of likely N-dealkylation sites (tertiary alicyclic amines) is 1. The van der Waals surface area contributed by atoms with Crippen LogP contribution in [0.1, 0.15) is 30.2 Å². The smallest absolute Gasteiger partial charge is 0.250 e. The number of aliphatic hydroxyl groups is 1. The number of alkyl halides is 2. The molecule has 212 valence electrons. The zero-order valence-corrected chi connectivity index (χ0v) is 22.3. The fourth-order valence-electron chi connectivity index (χ4n) is 5.06. The average Bonchev–Trinajstić information content (AvgIpc) is 3.56. The normalized spacial score (nSPS) is 16.2. The summed E-state index contributed by atoms with van der Waals surface area (Å²) in [6.45, 7) is 0.383. The third-order valence-corrected chi connectivity index (χ3v) is 7.28. The summed E-state index contributed by atoms with van der Waals surface area (Å²) < 4.78 is 36.6. The van der Waals surface area contributed by atoms with E-state index in [2.05, 4.69) is 20.1 Å². The van der Waals surface area contributed by atoms with Gasteiger partial charge in [-0.2, -0.15) is 5.10 Å². The van der Waals surface area contributed by atoms with Crippen molar-refractivity contribution in [3.05, 3.63) is 72.6 Å². The van der Waals surface area contributed by atoms with E-state index in [-0.39, 0.29) is 32.5 Å². The monoisotopic (exact) mass is 561 g/mol. The van der Waals surface area contributed by atoms with E-state index in [1.165, 1.54) is 6.33 Å². The molecule has 5 N–H and O–H groups in total. The molecule has 4 aromatic heterocycles. The quantitative estimate of drug-likeness (QED) is 0.253. The maximum absolute atomic E-state index is 13.5. The van der Waals surface area contributed by atoms with Crippen molar-refractivity contribution in [2.75, 3.05) is 24.6 Å². The van der Waals surface area contributed by atoms with Crippen LogP contribution in [0.5, 0.6) is 5.75 Å². The van der Waals surface area contributed by atoms with Gasteiger partial charge in [0, 0.05) is 80.0 Å². The van der Waals surface area contributed by atoms with Crippen molar-refractivity contribution in [2.24, 2.45) is 7.05 Å². The van der Waals surface area contributed by atoms with E-state index in [4.69, 9.17) is 16.2 Å². The number of aryl methyl sites for hydroxylation is 1. The summed E-state index contributed by atoms with van der Waals surface area (Å²) in [6.07, 6.45) is 6.96. The molecule has 5 heterocycles. The number of hydrogen-bond acceptors (Lipinski definition) is 9. The fraction of sp³-hybridized carbons (Fsp3) is 0.286. The second-order valence-corrected chi connectivity index (χ2v) is 10.1. The van der Waals surface area contributed by atoms with Gasteiger partial charge in [0.1, 0.15) is 30.7 Å². The SMILES string of the molecule is Cn1ccc(-c2cn(-c3cncc(COc4ccc(C(O)N5CCC(F)(F)CC5)c(N)c4)c3)c3ncnc(N)c23)n1. The van der Waals surface area contributed by atoms with E-state index in [1.54, 1.807) is 40.2 Å². The first-order valence-electron chi connectivity index (χ1n) is 13.1. The molecule has 6 rings (SSSR count). The number of halogens is 2. The molecule has 0 spiro atoms. The van der Waals surface area contributed by atoms with Gasteiger partial charge in [0.25, 0.3) is 5.92 Å². The second-order valence-electron chi connectivity index (χ2n) is 10.1. The van der Waals surface area contributed by atoms with Crippen LogP contribution in [0.25, 0.3) is 28.0 Å². The average molecular weight is 562 g/mol. The van der Waals surface area contributed by atoms with Gasteiger partial charge in [-0.15, -0.1) is 0 Å². The molecule has 41 heavy (non-hydrogen) atoms. The van der Waals surface area contributed by atoms with Crippen LogP contribution in [0.4, 0.5) is 20.3 Å². The standard InChI is InChI=1S/C28H29F2N9O2/c1-37-7-4-23(36-37)21-14-39(26-24(21)25(32)34-16-35-26)18-10-17(12-33-13-18)15-41-19-2-3-20(22(31)11-19)27(40)38-8-5-28(29,30)6-9-38/h2-4,7,10-14,16,27,40H,5-6,8-9,15,31H2,1H3,(H2,32,34,35). The summed E-state index contributed by atoms with van der Waals surface area (Å²) in [5, 5.41) is 15.9. The van der Waals surface area contributed by atoms with Gasteiger partial charge >= 0.3 is 0 Å². The molecule has 1 unspecified atom stereocenters. The summed E-state index contributed by atoms with van der Waals surface area (Å²) in [6, 6.07) is 8.80. The predicted octanol–water partition coefficient (Wildman–Crippen LogP) is 3.68. The van der Waals surface area contributed by atoms with Crippen LogP contribution in [0, 0.1) is 0 Å². The molecule has 13 heteroatoms. The molecular weight excluding hydrogens is 532 g/mol. The number of benzene rings is 1. The summed E-state index contributed by atoms with van der Waals surface area (Å²) in [5.41, 5.74) is 16.9.